The molecule has 2 aromatic carbocycles. The highest BCUT2D eigenvalue weighted by atomic mass is 32.1. The molecule has 0 fully saturated rings. The summed E-state index contributed by atoms with van der Waals surface area (Å²) in [5, 5.41) is 11.4. The van der Waals surface area contributed by atoms with Gasteiger partial charge in [-0.3, -0.25) is 0 Å². The SMILES string of the molecule is CC.CCn1c(-c2cc3cc(C)ccc3oc2=O)cs/c1=N\N=Cc1ccccc1. The topological polar surface area (TPSA) is 59.9 Å². The molecule has 0 spiro atoms. The maximum Gasteiger partial charge on any atom is 0.345 e. The van der Waals surface area contributed by atoms with E-state index in [-0.39, 0.29) is 5.63 Å². The van der Waals surface area contributed by atoms with Gasteiger partial charge in [0.05, 0.1) is 17.5 Å². The smallest absolute Gasteiger partial charge is 0.345 e. The van der Waals surface area contributed by atoms with Gasteiger partial charge in [-0.25, -0.2) is 4.79 Å². The Balaban J connectivity index is 0.00000124. The highest BCUT2D eigenvalue weighted by Gasteiger charge is 2.13. The molecule has 0 radical (unpaired) electrons. The van der Waals surface area contributed by atoms with Crippen LogP contribution < -0.4 is 10.4 Å². The molecule has 0 amide bonds. The predicted molar refractivity (Wildman–Crippen MR) is 125 cm³/mol. The summed E-state index contributed by atoms with van der Waals surface area (Å²) in [7, 11) is 0. The van der Waals surface area contributed by atoms with Crippen LogP contribution in [0.3, 0.4) is 0 Å². The zero-order valence-corrected chi connectivity index (χ0v) is 18.4. The van der Waals surface area contributed by atoms with Gasteiger partial charge < -0.3 is 8.98 Å². The fourth-order valence-corrected chi connectivity index (χ4v) is 3.96. The van der Waals surface area contributed by atoms with Crippen molar-refractivity contribution in [3.63, 3.8) is 0 Å². The van der Waals surface area contributed by atoms with Crippen molar-refractivity contribution in [3.05, 3.63) is 86.3 Å². The van der Waals surface area contributed by atoms with E-state index in [0.29, 0.717) is 17.7 Å². The van der Waals surface area contributed by atoms with Gasteiger partial charge in [0, 0.05) is 17.3 Å². The second-order valence-electron chi connectivity index (χ2n) is 6.39. The molecule has 0 N–H and O–H groups in total. The predicted octanol–water partition coefficient (Wildman–Crippen LogP) is 5.61. The van der Waals surface area contributed by atoms with Crippen LogP contribution in [0.4, 0.5) is 0 Å². The maximum atomic E-state index is 12.6. The molecule has 4 aromatic rings. The van der Waals surface area contributed by atoms with Gasteiger partial charge in [-0.15, -0.1) is 16.4 Å². The van der Waals surface area contributed by atoms with Crippen LogP contribution in [0.2, 0.25) is 0 Å². The summed E-state index contributed by atoms with van der Waals surface area (Å²) < 4.78 is 7.50. The molecule has 2 aromatic heterocycles. The number of rotatable bonds is 4. The second-order valence-corrected chi connectivity index (χ2v) is 7.23. The zero-order chi connectivity index (χ0) is 21.5. The lowest BCUT2D eigenvalue weighted by atomic mass is 10.1. The van der Waals surface area contributed by atoms with Crippen LogP contribution in [0.1, 0.15) is 31.9 Å². The quantitative estimate of drug-likeness (QED) is 0.245. The average molecular weight is 420 g/mol. The van der Waals surface area contributed by atoms with Gasteiger partial charge in [-0.1, -0.05) is 55.8 Å². The van der Waals surface area contributed by atoms with E-state index >= 15 is 0 Å². The molecule has 0 bridgehead atoms. The van der Waals surface area contributed by atoms with Crippen LogP contribution in [0, 0.1) is 6.92 Å². The first kappa shape index (κ1) is 21.5. The zero-order valence-electron chi connectivity index (χ0n) is 17.6. The van der Waals surface area contributed by atoms with Crippen molar-refractivity contribution in [2.45, 2.75) is 34.2 Å². The molecule has 4 rings (SSSR count). The maximum absolute atomic E-state index is 12.6. The normalized spacial score (nSPS) is 11.7. The molecule has 5 nitrogen and oxygen atoms in total. The molecular weight excluding hydrogens is 394 g/mol. The first-order valence-electron chi connectivity index (χ1n) is 10.0. The van der Waals surface area contributed by atoms with E-state index in [1.165, 1.54) is 11.3 Å². The fraction of sp³-hybridized carbons (Fsp3) is 0.208. The molecule has 0 aliphatic rings. The van der Waals surface area contributed by atoms with Crippen LogP contribution in [-0.4, -0.2) is 10.8 Å². The highest BCUT2D eigenvalue weighted by molar-refractivity contribution is 7.07. The van der Waals surface area contributed by atoms with E-state index in [1.807, 2.05) is 92.2 Å². The number of aryl methyl sites for hydroxylation is 1. The van der Waals surface area contributed by atoms with E-state index in [4.69, 9.17) is 4.42 Å². The van der Waals surface area contributed by atoms with Gasteiger partial charge in [-0.2, -0.15) is 5.10 Å². The summed E-state index contributed by atoms with van der Waals surface area (Å²) in [5.41, 5.74) is 3.66. The molecule has 154 valence electrons. The van der Waals surface area contributed by atoms with Gasteiger partial charge in [0.2, 0.25) is 4.80 Å². The minimum absolute atomic E-state index is 0.351. The summed E-state index contributed by atoms with van der Waals surface area (Å²) in [6.45, 7) is 8.70. The van der Waals surface area contributed by atoms with E-state index in [2.05, 4.69) is 10.2 Å². The van der Waals surface area contributed by atoms with Crippen molar-refractivity contribution >= 4 is 28.5 Å². The van der Waals surface area contributed by atoms with Crippen molar-refractivity contribution in [1.29, 1.82) is 0 Å². The number of thiazole rings is 1. The van der Waals surface area contributed by atoms with Gasteiger partial charge >= 0.3 is 5.63 Å². The second kappa shape index (κ2) is 9.98. The third-order valence-corrected chi connectivity index (χ3v) is 5.28. The third-order valence-electron chi connectivity index (χ3n) is 4.43. The molecule has 0 atom stereocenters. The monoisotopic (exact) mass is 419 g/mol. The molecule has 2 heterocycles. The fourth-order valence-electron chi connectivity index (χ4n) is 3.04. The molecule has 6 heteroatoms. The molecule has 0 unspecified atom stereocenters. The standard InChI is InChI=1S/C22H19N3O2S.C2H6/c1-3-25-19(14-28-22(25)24-23-13-16-7-5-4-6-8-16)18-12-17-11-15(2)9-10-20(17)27-21(18)26;1-2/h4-14H,3H2,1-2H3;1-2H3/b23-13?,24-22-;. The summed E-state index contributed by atoms with van der Waals surface area (Å²) in [5.74, 6) is 0. The molecule has 0 aliphatic carbocycles. The molecule has 0 saturated heterocycles. The van der Waals surface area contributed by atoms with Crippen molar-refractivity contribution in [1.82, 2.24) is 4.57 Å². The number of aromatic nitrogens is 1. The van der Waals surface area contributed by atoms with Gasteiger partial charge in [0.25, 0.3) is 0 Å². The Morgan fingerprint density at radius 3 is 2.60 bits per heavy atom. The summed E-state index contributed by atoms with van der Waals surface area (Å²) in [6.07, 6.45) is 1.71. The number of fused-ring (bicyclic) bond motifs is 1. The van der Waals surface area contributed by atoms with Crippen LogP contribution >= 0.6 is 11.3 Å². The average Bonchev–Trinajstić information content (AvgIpc) is 3.18. The first-order valence-corrected chi connectivity index (χ1v) is 10.9. The third kappa shape index (κ3) is 4.66. The van der Waals surface area contributed by atoms with Gasteiger partial charge in [0.1, 0.15) is 5.58 Å². The van der Waals surface area contributed by atoms with Gasteiger partial charge in [0.15, 0.2) is 0 Å². The molecule has 0 aliphatic heterocycles. The Morgan fingerprint density at radius 1 is 1.10 bits per heavy atom. The van der Waals surface area contributed by atoms with Crippen LogP contribution in [0.15, 0.2) is 79.4 Å². The van der Waals surface area contributed by atoms with Crippen molar-refractivity contribution in [2.75, 3.05) is 0 Å². The number of hydrogen-bond acceptors (Lipinski definition) is 5. The van der Waals surface area contributed by atoms with E-state index < -0.39 is 0 Å². The Hall–Kier alpha value is -3.25. The lowest BCUT2D eigenvalue weighted by Gasteiger charge is -2.06. The first-order chi connectivity index (χ1) is 14.7. The lowest BCUT2D eigenvalue weighted by molar-refractivity contribution is 0.562. The number of benzene rings is 2. The Labute approximate surface area is 179 Å². The van der Waals surface area contributed by atoms with E-state index in [9.17, 15) is 4.79 Å². The van der Waals surface area contributed by atoms with Crippen LogP contribution in [0.5, 0.6) is 0 Å². The summed E-state index contributed by atoms with van der Waals surface area (Å²) in [4.78, 5) is 13.3. The van der Waals surface area contributed by atoms with Crippen LogP contribution in [0.25, 0.3) is 22.2 Å². The van der Waals surface area contributed by atoms with Crippen LogP contribution in [-0.2, 0) is 6.54 Å². The van der Waals surface area contributed by atoms with Crippen molar-refractivity contribution in [3.8, 4) is 11.3 Å². The Kier molecular flexibility index (Phi) is 7.14. The summed E-state index contributed by atoms with van der Waals surface area (Å²) in [6, 6.07) is 17.5. The minimum atomic E-state index is -0.351. The lowest BCUT2D eigenvalue weighted by Crippen LogP contribution is -2.16. The molecule has 30 heavy (non-hydrogen) atoms. The largest absolute Gasteiger partial charge is 0.422 e. The Bertz CT molecular complexity index is 1280. The number of hydrogen-bond donors (Lipinski definition) is 0. The summed E-state index contributed by atoms with van der Waals surface area (Å²) >= 11 is 1.45. The van der Waals surface area contributed by atoms with E-state index in [0.717, 1.165) is 27.0 Å². The minimum Gasteiger partial charge on any atom is -0.422 e. The van der Waals surface area contributed by atoms with Gasteiger partial charge in [-0.05, 0) is 37.6 Å². The van der Waals surface area contributed by atoms with E-state index in [1.54, 1.807) is 6.21 Å². The van der Waals surface area contributed by atoms with Crippen molar-refractivity contribution < 1.29 is 4.42 Å². The highest BCUT2D eigenvalue weighted by Crippen LogP contribution is 2.22. The Morgan fingerprint density at radius 2 is 1.87 bits per heavy atom. The van der Waals surface area contributed by atoms with Crippen molar-refractivity contribution in [2.24, 2.45) is 10.2 Å². The molecular formula is C24H25N3O2S. The molecule has 0 saturated carbocycles. The number of nitrogens with zero attached hydrogens (tertiary/aromatic N) is 3.